The normalized spacial score (nSPS) is 10.3. The number of nitriles is 1. The van der Waals surface area contributed by atoms with E-state index in [4.69, 9.17) is 21.6 Å². The van der Waals surface area contributed by atoms with E-state index in [1.165, 1.54) is 5.56 Å². The SMILES string of the molecule is CC(C)c1ccc(Cl)c(Oc2ccc(C#N)cc2)c1. The molecule has 0 spiro atoms. The van der Waals surface area contributed by atoms with Crippen molar-refractivity contribution < 1.29 is 4.74 Å². The molecule has 0 amide bonds. The van der Waals surface area contributed by atoms with Crippen LogP contribution in [0.1, 0.15) is 30.9 Å². The monoisotopic (exact) mass is 271 g/mol. The third-order valence-electron chi connectivity index (χ3n) is 2.83. The summed E-state index contributed by atoms with van der Waals surface area (Å²) in [6.07, 6.45) is 0. The predicted octanol–water partition coefficient (Wildman–Crippen LogP) is 5.13. The zero-order chi connectivity index (χ0) is 13.8. The van der Waals surface area contributed by atoms with Gasteiger partial charge in [-0.2, -0.15) is 5.26 Å². The molecule has 0 fully saturated rings. The molecule has 19 heavy (non-hydrogen) atoms. The molecule has 2 nitrogen and oxygen atoms in total. The van der Waals surface area contributed by atoms with Crippen molar-refractivity contribution in [1.29, 1.82) is 5.26 Å². The van der Waals surface area contributed by atoms with Gasteiger partial charge in [0.15, 0.2) is 0 Å². The lowest BCUT2D eigenvalue weighted by Gasteiger charge is -2.11. The van der Waals surface area contributed by atoms with Crippen LogP contribution in [0.2, 0.25) is 5.02 Å². The summed E-state index contributed by atoms with van der Waals surface area (Å²) in [5.74, 6) is 1.72. The standard InChI is InChI=1S/C16H14ClNO/c1-11(2)13-5-8-15(17)16(9-13)19-14-6-3-12(10-18)4-7-14/h3-9,11H,1-2H3. The molecule has 2 aromatic carbocycles. The van der Waals surface area contributed by atoms with Gasteiger partial charge in [-0.25, -0.2) is 0 Å². The summed E-state index contributed by atoms with van der Waals surface area (Å²) in [5.41, 5.74) is 1.78. The van der Waals surface area contributed by atoms with Gasteiger partial charge in [0, 0.05) is 0 Å². The first kappa shape index (κ1) is 13.5. The Kier molecular flexibility index (Phi) is 4.09. The Balaban J connectivity index is 2.27. The highest BCUT2D eigenvalue weighted by molar-refractivity contribution is 6.32. The Morgan fingerprint density at radius 3 is 2.37 bits per heavy atom. The third-order valence-corrected chi connectivity index (χ3v) is 3.15. The van der Waals surface area contributed by atoms with Gasteiger partial charge in [-0.15, -0.1) is 0 Å². The van der Waals surface area contributed by atoms with Crippen molar-refractivity contribution in [1.82, 2.24) is 0 Å². The molecule has 0 N–H and O–H groups in total. The second-order valence-corrected chi connectivity index (χ2v) is 4.99. The van der Waals surface area contributed by atoms with E-state index in [2.05, 4.69) is 19.9 Å². The molecule has 0 aliphatic rings. The summed E-state index contributed by atoms with van der Waals surface area (Å²) in [5, 5.41) is 9.33. The van der Waals surface area contributed by atoms with Crippen LogP contribution in [0, 0.1) is 11.3 Å². The van der Waals surface area contributed by atoms with E-state index in [1.54, 1.807) is 24.3 Å². The van der Waals surface area contributed by atoms with E-state index in [-0.39, 0.29) is 0 Å². The average molecular weight is 272 g/mol. The molecule has 2 aromatic rings. The van der Waals surface area contributed by atoms with Crippen molar-refractivity contribution in [3.05, 3.63) is 58.6 Å². The maximum absolute atomic E-state index is 8.75. The Hall–Kier alpha value is -1.98. The van der Waals surface area contributed by atoms with Crippen molar-refractivity contribution in [3.63, 3.8) is 0 Å². The van der Waals surface area contributed by atoms with Crippen LogP contribution in [0.4, 0.5) is 0 Å². The molecule has 0 unspecified atom stereocenters. The fourth-order valence-electron chi connectivity index (χ4n) is 1.68. The maximum atomic E-state index is 8.75. The van der Waals surface area contributed by atoms with Crippen LogP contribution in [-0.4, -0.2) is 0 Å². The lowest BCUT2D eigenvalue weighted by Crippen LogP contribution is -1.91. The summed E-state index contributed by atoms with van der Waals surface area (Å²) in [6, 6.07) is 14.8. The van der Waals surface area contributed by atoms with Gasteiger partial charge in [0.25, 0.3) is 0 Å². The van der Waals surface area contributed by atoms with E-state index >= 15 is 0 Å². The van der Waals surface area contributed by atoms with E-state index in [0.29, 0.717) is 28.0 Å². The summed E-state index contributed by atoms with van der Waals surface area (Å²) < 4.78 is 5.76. The van der Waals surface area contributed by atoms with Gasteiger partial charge in [0.05, 0.1) is 16.7 Å². The van der Waals surface area contributed by atoms with Gasteiger partial charge in [0.2, 0.25) is 0 Å². The minimum absolute atomic E-state index is 0.417. The van der Waals surface area contributed by atoms with Gasteiger partial charge in [-0.1, -0.05) is 31.5 Å². The minimum atomic E-state index is 0.417. The first-order chi connectivity index (χ1) is 9.10. The number of benzene rings is 2. The van der Waals surface area contributed by atoms with Crippen LogP contribution >= 0.6 is 11.6 Å². The highest BCUT2D eigenvalue weighted by Gasteiger charge is 2.07. The highest BCUT2D eigenvalue weighted by Crippen LogP contribution is 2.32. The third kappa shape index (κ3) is 3.27. The summed E-state index contributed by atoms with van der Waals surface area (Å²) >= 11 is 6.13. The second-order valence-electron chi connectivity index (χ2n) is 4.58. The van der Waals surface area contributed by atoms with Crippen molar-refractivity contribution in [2.24, 2.45) is 0 Å². The molecule has 3 heteroatoms. The van der Waals surface area contributed by atoms with Crippen molar-refractivity contribution in [2.45, 2.75) is 19.8 Å². The number of nitrogens with zero attached hydrogens (tertiary/aromatic N) is 1. The molecule has 0 aliphatic heterocycles. The largest absolute Gasteiger partial charge is 0.456 e. The van der Waals surface area contributed by atoms with E-state index < -0.39 is 0 Å². The topological polar surface area (TPSA) is 33.0 Å². The van der Waals surface area contributed by atoms with Crippen molar-refractivity contribution >= 4 is 11.6 Å². The zero-order valence-electron chi connectivity index (χ0n) is 10.9. The molecule has 0 atom stereocenters. The first-order valence-corrected chi connectivity index (χ1v) is 6.45. The lowest BCUT2D eigenvalue weighted by molar-refractivity contribution is 0.482. The Bertz CT molecular complexity index is 612. The Morgan fingerprint density at radius 2 is 1.79 bits per heavy atom. The van der Waals surface area contributed by atoms with Crippen LogP contribution in [0.15, 0.2) is 42.5 Å². The molecule has 0 aromatic heterocycles. The van der Waals surface area contributed by atoms with E-state index in [0.717, 1.165) is 0 Å². The van der Waals surface area contributed by atoms with E-state index in [9.17, 15) is 0 Å². The number of halogens is 1. The number of ether oxygens (including phenoxy) is 1. The zero-order valence-corrected chi connectivity index (χ0v) is 11.6. The number of rotatable bonds is 3. The molecule has 0 aliphatic carbocycles. The summed E-state index contributed by atoms with van der Waals surface area (Å²) in [4.78, 5) is 0. The number of hydrogen-bond donors (Lipinski definition) is 0. The van der Waals surface area contributed by atoms with Crippen LogP contribution in [-0.2, 0) is 0 Å². The molecule has 2 rings (SSSR count). The van der Waals surface area contributed by atoms with Crippen LogP contribution in [0.5, 0.6) is 11.5 Å². The predicted molar refractivity (Wildman–Crippen MR) is 76.8 cm³/mol. The molecular weight excluding hydrogens is 258 g/mol. The minimum Gasteiger partial charge on any atom is -0.456 e. The molecular formula is C16H14ClNO. The second kappa shape index (κ2) is 5.77. The lowest BCUT2D eigenvalue weighted by atomic mass is 10.0. The smallest absolute Gasteiger partial charge is 0.146 e. The Labute approximate surface area is 118 Å². The summed E-state index contributed by atoms with van der Waals surface area (Å²) in [7, 11) is 0. The van der Waals surface area contributed by atoms with E-state index in [1.807, 2.05) is 18.2 Å². The van der Waals surface area contributed by atoms with Gasteiger partial charge in [-0.05, 0) is 47.9 Å². The van der Waals surface area contributed by atoms with Crippen molar-refractivity contribution in [2.75, 3.05) is 0 Å². The molecule has 0 heterocycles. The van der Waals surface area contributed by atoms with Crippen LogP contribution < -0.4 is 4.74 Å². The summed E-state index contributed by atoms with van der Waals surface area (Å²) in [6.45, 7) is 4.24. The average Bonchev–Trinajstić information content (AvgIpc) is 2.42. The van der Waals surface area contributed by atoms with Gasteiger partial charge < -0.3 is 4.74 Å². The molecule has 0 saturated carbocycles. The van der Waals surface area contributed by atoms with Crippen LogP contribution in [0.25, 0.3) is 0 Å². The van der Waals surface area contributed by atoms with Gasteiger partial charge in [0.1, 0.15) is 11.5 Å². The molecule has 0 bridgehead atoms. The van der Waals surface area contributed by atoms with Crippen molar-refractivity contribution in [3.8, 4) is 17.6 Å². The quantitative estimate of drug-likeness (QED) is 0.775. The number of hydrogen-bond acceptors (Lipinski definition) is 2. The van der Waals surface area contributed by atoms with Crippen LogP contribution in [0.3, 0.4) is 0 Å². The fraction of sp³-hybridized carbons (Fsp3) is 0.188. The fourth-order valence-corrected chi connectivity index (χ4v) is 1.84. The molecule has 96 valence electrons. The molecule has 0 saturated heterocycles. The van der Waals surface area contributed by atoms with Gasteiger partial charge in [-0.3, -0.25) is 0 Å². The Morgan fingerprint density at radius 1 is 1.11 bits per heavy atom. The highest BCUT2D eigenvalue weighted by atomic mass is 35.5. The first-order valence-electron chi connectivity index (χ1n) is 6.07. The molecule has 0 radical (unpaired) electrons. The maximum Gasteiger partial charge on any atom is 0.146 e. The van der Waals surface area contributed by atoms with Gasteiger partial charge >= 0.3 is 0 Å².